The molecule has 1 aliphatic heterocycles. The van der Waals surface area contributed by atoms with E-state index in [1.807, 2.05) is 0 Å². The van der Waals surface area contributed by atoms with E-state index < -0.39 is 48.2 Å². The van der Waals surface area contributed by atoms with Gasteiger partial charge in [-0.2, -0.15) is 13.2 Å². The molecule has 1 aromatic heterocycles. The minimum atomic E-state index is -4.49. The first-order valence-electron chi connectivity index (χ1n) is 10.9. The molecule has 2 N–H and O–H groups in total. The van der Waals surface area contributed by atoms with E-state index >= 15 is 0 Å². The Bertz CT molecular complexity index is 1280. The van der Waals surface area contributed by atoms with Crippen LogP contribution in [-0.4, -0.2) is 51.4 Å². The molecule has 1 aliphatic rings. The fourth-order valence-electron chi connectivity index (χ4n) is 3.83. The molecule has 1 fully saturated rings. The first-order valence-corrected chi connectivity index (χ1v) is 11.3. The second-order valence-electron chi connectivity index (χ2n) is 8.18. The van der Waals surface area contributed by atoms with E-state index in [-0.39, 0.29) is 41.1 Å². The van der Waals surface area contributed by atoms with Gasteiger partial charge in [0.1, 0.15) is 17.6 Å². The number of carboxylic acid groups (broad SMARTS) is 1. The fraction of sp³-hybridized carbons (Fsp3) is 0.304. The number of nitrogens with zero attached hydrogens (tertiary/aromatic N) is 3. The van der Waals surface area contributed by atoms with E-state index in [0.717, 1.165) is 23.1 Å². The number of alkyl halides is 3. The number of hydrogen-bond acceptors (Lipinski definition) is 6. The Morgan fingerprint density at radius 3 is 2.54 bits per heavy atom. The Labute approximate surface area is 212 Å². The third-order valence-corrected chi connectivity index (χ3v) is 5.95. The highest BCUT2D eigenvalue weighted by atomic mass is 35.5. The van der Waals surface area contributed by atoms with Crippen molar-refractivity contribution in [1.82, 2.24) is 20.4 Å². The summed E-state index contributed by atoms with van der Waals surface area (Å²) in [7, 11) is 0. The Morgan fingerprint density at radius 2 is 1.89 bits per heavy atom. The number of benzene rings is 2. The zero-order valence-electron chi connectivity index (χ0n) is 18.8. The van der Waals surface area contributed by atoms with Gasteiger partial charge in [-0.3, -0.25) is 9.69 Å². The third-order valence-electron chi connectivity index (χ3n) is 5.64. The molecule has 2 aromatic carbocycles. The van der Waals surface area contributed by atoms with Crippen molar-refractivity contribution in [1.29, 1.82) is 0 Å². The number of rotatable bonds is 6. The summed E-state index contributed by atoms with van der Waals surface area (Å²) < 4.78 is 62.7. The van der Waals surface area contributed by atoms with Crippen LogP contribution >= 0.6 is 11.6 Å². The van der Waals surface area contributed by atoms with E-state index in [1.54, 1.807) is 0 Å². The van der Waals surface area contributed by atoms with Crippen molar-refractivity contribution >= 4 is 23.6 Å². The maximum Gasteiger partial charge on any atom is 0.416 e. The normalized spacial score (nSPS) is 17.9. The standard InChI is InChI=1S/C23H19ClF4N4O5/c24-16-7-6-15(9-17(16)25)36-11-19(33)29-14-5-8-18(32(10-14)22(34)35)21-31-30-20(37-21)12-1-3-13(4-2-12)23(26,27)28/h1-4,6-7,9,14,18H,5,8,10-11H2,(H,29,33)(H,34,35)/t14-,18+/m0/s1. The van der Waals surface area contributed by atoms with E-state index in [4.69, 9.17) is 20.8 Å². The lowest BCUT2D eigenvalue weighted by atomic mass is 9.98. The molecule has 0 saturated carbocycles. The predicted molar refractivity (Wildman–Crippen MR) is 120 cm³/mol. The molecule has 37 heavy (non-hydrogen) atoms. The summed E-state index contributed by atoms with van der Waals surface area (Å²) in [6.07, 6.45) is -5.18. The minimum Gasteiger partial charge on any atom is -0.484 e. The molecule has 2 atom stereocenters. The Hall–Kier alpha value is -3.87. The van der Waals surface area contributed by atoms with Crippen molar-refractivity contribution < 1.29 is 41.4 Å². The number of carbonyl (C=O) groups is 2. The van der Waals surface area contributed by atoms with E-state index in [9.17, 15) is 32.3 Å². The Balaban J connectivity index is 1.37. The largest absolute Gasteiger partial charge is 0.484 e. The molecule has 14 heteroatoms. The molecule has 0 aliphatic carbocycles. The molecule has 0 radical (unpaired) electrons. The van der Waals surface area contributed by atoms with Gasteiger partial charge in [0, 0.05) is 24.2 Å². The van der Waals surface area contributed by atoms with Crippen molar-refractivity contribution in [3.05, 3.63) is 64.8 Å². The maximum atomic E-state index is 13.5. The van der Waals surface area contributed by atoms with Crippen LogP contribution in [0.4, 0.5) is 22.4 Å². The lowest BCUT2D eigenvalue weighted by Crippen LogP contribution is -2.51. The van der Waals surface area contributed by atoms with Crippen LogP contribution in [0.5, 0.6) is 5.75 Å². The number of halogens is 5. The summed E-state index contributed by atoms with van der Waals surface area (Å²) in [5.41, 5.74) is -0.589. The fourth-order valence-corrected chi connectivity index (χ4v) is 3.95. The van der Waals surface area contributed by atoms with Gasteiger partial charge in [-0.25, -0.2) is 9.18 Å². The SMILES string of the molecule is O=C(COc1ccc(Cl)c(F)c1)N[C@H]1CC[C@H](c2nnc(-c3ccc(C(F)(F)F)cc3)o2)N(C(=O)O)C1. The maximum absolute atomic E-state index is 13.5. The molecular weight excluding hydrogens is 524 g/mol. The topological polar surface area (TPSA) is 118 Å². The van der Waals surface area contributed by atoms with Gasteiger partial charge in [-0.1, -0.05) is 11.6 Å². The van der Waals surface area contributed by atoms with Crippen molar-refractivity contribution in [3.8, 4) is 17.2 Å². The minimum absolute atomic E-state index is 0.0184. The smallest absolute Gasteiger partial charge is 0.416 e. The van der Waals surface area contributed by atoms with Gasteiger partial charge in [0.25, 0.3) is 5.91 Å². The summed E-state index contributed by atoms with van der Waals surface area (Å²) in [5.74, 6) is -1.20. The van der Waals surface area contributed by atoms with Crippen LogP contribution in [0, 0.1) is 5.82 Å². The summed E-state index contributed by atoms with van der Waals surface area (Å²) in [6, 6.07) is 6.50. The van der Waals surface area contributed by atoms with Gasteiger partial charge in [0.15, 0.2) is 6.61 Å². The number of ether oxygens (including phenoxy) is 1. The molecule has 1 saturated heterocycles. The van der Waals surface area contributed by atoms with E-state index in [0.29, 0.717) is 6.42 Å². The second kappa shape index (κ2) is 10.6. The zero-order chi connectivity index (χ0) is 26.7. The van der Waals surface area contributed by atoms with Crippen molar-refractivity contribution in [2.75, 3.05) is 13.2 Å². The van der Waals surface area contributed by atoms with E-state index in [1.165, 1.54) is 24.3 Å². The summed E-state index contributed by atoms with van der Waals surface area (Å²) in [4.78, 5) is 25.2. The number of aromatic nitrogens is 2. The molecule has 0 unspecified atom stereocenters. The van der Waals surface area contributed by atoms with Gasteiger partial charge in [-0.15, -0.1) is 10.2 Å². The Kier molecular flexibility index (Phi) is 7.52. The average molecular weight is 543 g/mol. The summed E-state index contributed by atoms with van der Waals surface area (Å²) in [5, 5.41) is 20.0. The van der Waals surface area contributed by atoms with Crippen molar-refractivity contribution in [3.63, 3.8) is 0 Å². The first kappa shape index (κ1) is 26.2. The van der Waals surface area contributed by atoms with Crippen molar-refractivity contribution in [2.24, 2.45) is 0 Å². The van der Waals surface area contributed by atoms with Gasteiger partial charge >= 0.3 is 12.3 Å². The molecule has 0 bridgehead atoms. The van der Waals surface area contributed by atoms with Crippen LogP contribution in [0.25, 0.3) is 11.5 Å². The molecule has 4 rings (SSSR count). The lowest BCUT2D eigenvalue weighted by Gasteiger charge is -2.36. The highest BCUT2D eigenvalue weighted by molar-refractivity contribution is 6.30. The van der Waals surface area contributed by atoms with Crippen LogP contribution in [-0.2, 0) is 11.0 Å². The van der Waals surface area contributed by atoms with Gasteiger partial charge < -0.3 is 19.6 Å². The number of likely N-dealkylation sites (tertiary alicyclic amines) is 1. The number of amides is 2. The summed E-state index contributed by atoms with van der Waals surface area (Å²) >= 11 is 5.61. The highest BCUT2D eigenvalue weighted by Gasteiger charge is 2.37. The molecular formula is C23H19ClF4N4O5. The van der Waals surface area contributed by atoms with Crippen molar-refractivity contribution in [2.45, 2.75) is 31.1 Å². The van der Waals surface area contributed by atoms with Crippen LogP contribution in [0.15, 0.2) is 46.9 Å². The van der Waals surface area contributed by atoms with Crippen LogP contribution in [0.2, 0.25) is 5.02 Å². The third kappa shape index (κ3) is 6.28. The molecule has 2 heterocycles. The molecule has 196 valence electrons. The van der Waals surface area contributed by atoms with E-state index in [2.05, 4.69) is 15.5 Å². The van der Waals surface area contributed by atoms with Crippen LogP contribution in [0.3, 0.4) is 0 Å². The number of piperidine rings is 1. The summed E-state index contributed by atoms with van der Waals surface area (Å²) in [6.45, 7) is -0.506. The van der Waals surface area contributed by atoms with Crippen LogP contribution < -0.4 is 10.1 Å². The lowest BCUT2D eigenvalue weighted by molar-refractivity contribution is -0.137. The predicted octanol–water partition coefficient (Wildman–Crippen LogP) is 4.93. The first-order chi connectivity index (χ1) is 17.5. The Morgan fingerprint density at radius 1 is 1.16 bits per heavy atom. The number of hydrogen-bond donors (Lipinski definition) is 2. The molecule has 0 spiro atoms. The highest BCUT2D eigenvalue weighted by Crippen LogP contribution is 2.34. The second-order valence-corrected chi connectivity index (χ2v) is 8.58. The quantitative estimate of drug-likeness (QED) is 0.424. The number of nitrogens with one attached hydrogen (secondary N) is 1. The van der Waals surface area contributed by atoms with Crippen LogP contribution in [0.1, 0.15) is 30.3 Å². The zero-order valence-corrected chi connectivity index (χ0v) is 19.6. The monoisotopic (exact) mass is 542 g/mol. The average Bonchev–Trinajstić information content (AvgIpc) is 3.34. The molecule has 3 aromatic rings. The van der Waals surface area contributed by atoms with Gasteiger partial charge in [-0.05, 0) is 49.2 Å². The van der Waals surface area contributed by atoms with Gasteiger partial charge in [0.2, 0.25) is 11.8 Å². The molecule has 2 amide bonds. The number of carbonyl (C=O) groups excluding carboxylic acids is 1. The van der Waals surface area contributed by atoms with Gasteiger partial charge in [0.05, 0.1) is 10.6 Å². The molecule has 9 nitrogen and oxygen atoms in total.